The number of carbonyl (C=O) groups excluding carboxylic acids is 1. The summed E-state index contributed by atoms with van der Waals surface area (Å²) >= 11 is 0. The topological polar surface area (TPSA) is 83.7 Å². The van der Waals surface area contributed by atoms with Crippen LogP contribution in [0.25, 0.3) is 0 Å². The first kappa shape index (κ1) is 19.0. The van der Waals surface area contributed by atoms with Gasteiger partial charge in [-0.25, -0.2) is 4.79 Å². The molecule has 2 atom stereocenters. The van der Waals surface area contributed by atoms with Gasteiger partial charge in [-0.1, -0.05) is 12.1 Å². The average Bonchev–Trinajstić information content (AvgIpc) is 2.92. The molecule has 2 aromatic rings. The van der Waals surface area contributed by atoms with Gasteiger partial charge in [-0.2, -0.15) is 0 Å². The highest BCUT2D eigenvalue weighted by Gasteiger charge is 2.28. The average molecular weight is 346 g/mol. The van der Waals surface area contributed by atoms with Crippen molar-refractivity contribution < 1.29 is 19.1 Å². The number of ether oxygens (including phenoxy) is 1. The standard InChI is InChI=1S/C19H26N2O4/c1-12-9-17(14(3)25-12)19(4,23)11-20-18(22)21-16-8-6-7-15(10-16)13(2)24-5/h6-10,13,23H,11H2,1-5H3,(H2,20,21,22)/t13-,19-/m0/s1. The summed E-state index contributed by atoms with van der Waals surface area (Å²) in [5.41, 5.74) is 1.08. The number of hydrogen-bond donors (Lipinski definition) is 3. The predicted molar refractivity (Wildman–Crippen MR) is 96.6 cm³/mol. The summed E-state index contributed by atoms with van der Waals surface area (Å²) in [6.45, 7) is 7.25. The summed E-state index contributed by atoms with van der Waals surface area (Å²) in [7, 11) is 1.64. The van der Waals surface area contributed by atoms with E-state index in [4.69, 9.17) is 9.15 Å². The van der Waals surface area contributed by atoms with Gasteiger partial charge < -0.3 is 24.9 Å². The highest BCUT2D eigenvalue weighted by molar-refractivity contribution is 5.89. The van der Waals surface area contributed by atoms with Gasteiger partial charge in [-0.05, 0) is 51.5 Å². The first-order valence-electron chi connectivity index (χ1n) is 8.20. The predicted octanol–water partition coefficient (Wildman–Crippen LogP) is 3.63. The van der Waals surface area contributed by atoms with Gasteiger partial charge in [0.1, 0.15) is 17.1 Å². The Morgan fingerprint density at radius 1 is 1.36 bits per heavy atom. The second-order valence-corrected chi connectivity index (χ2v) is 6.41. The summed E-state index contributed by atoms with van der Waals surface area (Å²) < 4.78 is 10.7. The van der Waals surface area contributed by atoms with Crippen LogP contribution in [0.2, 0.25) is 0 Å². The van der Waals surface area contributed by atoms with Crippen molar-refractivity contribution in [3.63, 3.8) is 0 Å². The summed E-state index contributed by atoms with van der Waals surface area (Å²) in [6, 6.07) is 8.84. The van der Waals surface area contributed by atoms with Crippen LogP contribution in [0.4, 0.5) is 10.5 Å². The molecule has 0 bridgehead atoms. The lowest BCUT2D eigenvalue weighted by Crippen LogP contribution is -2.40. The Hall–Kier alpha value is -2.31. The zero-order valence-corrected chi connectivity index (χ0v) is 15.3. The molecule has 2 amide bonds. The quantitative estimate of drug-likeness (QED) is 0.746. The molecule has 0 radical (unpaired) electrons. The van der Waals surface area contributed by atoms with E-state index >= 15 is 0 Å². The number of benzene rings is 1. The van der Waals surface area contributed by atoms with Crippen LogP contribution >= 0.6 is 0 Å². The highest BCUT2D eigenvalue weighted by atomic mass is 16.5. The third-order valence-electron chi connectivity index (χ3n) is 4.18. The largest absolute Gasteiger partial charge is 0.466 e. The van der Waals surface area contributed by atoms with Gasteiger partial charge in [0.2, 0.25) is 0 Å². The van der Waals surface area contributed by atoms with Gasteiger partial charge in [0.15, 0.2) is 0 Å². The third-order valence-corrected chi connectivity index (χ3v) is 4.18. The lowest BCUT2D eigenvalue weighted by molar-refractivity contribution is 0.0584. The van der Waals surface area contributed by atoms with E-state index in [1.165, 1.54) is 0 Å². The van der Waals surface area contributed by atoms with Crippen molar-refractivity contribution in [2.24, 2.45) is 0 Å². The fourth-order valence-corrected chi connectivity index (χ4v) is 2.69. The number of furan rings is 1. The van der Waals surface area contributed by atoms with Gasteiger partial charge in [0.25, 0.3) is 0 Å². The molecule has 0 aliphatic rings. The van der Waals surface area contributed by atoms with E-state index < -0.39 is 5.60 Å². The van der Waals surface area contributed by atoms with Crippen molar-refractivity contribution in [3.8, 4) is 0 Å². The zero-order valence-electron chi connectivity index (χ0n) is 15.3. The minimum absolute atomic E-state index is 0.0575. The van der Waals surface area contributed by atoms with Crippen molar-refractivity contribution in [1.29, 1.82) is 0 Å². The molecular weight excluding hydrogens is 320 g/mol. The van der Waals surface area contributed by atoms with Gasteiger partial charge in [-0.3, -0.25) is 0 Å². The van der Waals surface area contributed by atoms with E-state index in [1.807, 2.05) is 32.0 Å². The number of aliphatic hydroxyl groups is 1. The molecule has 6 heteroatoms. The van der Waals surface area contributed by atoms with Crippen molar-refractivity contribution in [2.45, 2.75) is 39.4 Å². The monoisotopic (exact) mass is 346 g/mol. The van der Waals surface area contributed by atoms with Gasteiger partial charge in [-0.15, -0.1) is 0 Å². The number of methoxy groups -OCH3 is 1. The lowest BCUT2D eigenvalue weighted by Gasteiger charge is -2.23. The highest BCUT2D eigenvalue weighted by Crippen LogP contribution is 2.26. The van der Waals surface area contributed by atoms with Gasteiger partial charge in [0.05, 0.1) is 12.6 Å². The molecule has 1 aromatic heterocycles. The van der Waals surface area contributed by atoms with E-state index in [1.54, 1.807) is 33.1 Å². The smallest absolute Gasteiger partial charge is 0.319 e. The minimum Gasteiger partial charge on any atom is -0.466 e. The molecular formula is C19H26N2O4. The summed E-state index contributed by atoms with van der Waals surface area (Å²) in [4.78, 5) is 12.1. The molecule has 0 saturated carbocycles. The van der Waals surface area contributed by atoms with Crippen molar-refractivity contribution in [2.75, 3.05) is 19.0 Å². The van der Waals surface area contributed by atoms with Gasteiger partial charge in [0, 0.05) is 18.4 Å². The van der Waals surface area contributed by atoms with Crippen LogP contribution in [0.1, 0.15) is 42.6 Å². The Morgan fingerprint density at radius 2 is 2.08 bits per heavy atom. The van der Waals surface area contributed by atoms with Crippen LogP contribution in [-0.2, 0) is 10.3 Å². The van der Waals surface area contributed by atoms with E-state index in [0.717, 1.165) is 11.3 Å². The third kappa shape index (κ3) is 4.84. The number of hydrogen-bond acceptors (Lipinski definition) is 4. The first-order chi connectivity index (χ1) is 11.7. The van der Waals surface area contributed by atoms with Crippen LogP contribution in [0.3, 0.4) is 0 Å². The fourth-order valence-electron chi connectivity index (χ4n) is 2.69. The molecule has 1 aromatic carbocycles. The number of nitrogens with one attached hydrogen (secondary N) is 2. The van der Waals surface area contributed by atoms with Crippen LogP contribution in [0.5, 0.6) is 0 Å². The van der Waals surface area contributed by atoms with Crippen LogP contribution in [-0.4, -0.2) is 24.8 Å². The molecule has 0 aliphatic heterocycles. The van der Waals surface area contributed by atoms with Crippen molar-refractivity contribution in [3.05, 3.63) is 53.0 Å². The van der Waals surface area contributed by atoms with E-state index in [9.17, 15) is 9.90 Å². The molecule has 25 heavy (non-hydrogen) atoms. The molecule has 1 heterocycles. The molecule has 0 fully saturated rings. The zero-order chi connectivity index (χ0) is 18.6. The Morgan fingerprint density at radius 3 is 2.68 bits per heavy atom. The maximum atomic E-state index is 12.1. The summed E-state index contributed by atoms with van der Waals surface area (Å²) in [5, 5.41) is 16.1. The maximum absolute atomic E-state index is 12.1. The van der Waals surface area contributed by atoms with E-state index in [2.05, 4.69) is 10.6 Å². The lowest BCUT2D eigenvalue weighted by atomic mass is 9.96. The molecule has 0 spiro atoms. The summed E-state index contributed by atoms with van der Waals surface area (Å²) in [6.07, 6.45) is -0.0575. The second kappa shape index (κ2) is 7.72. The Balaban J connectivity index is 1.97. The molecule has 6 nitrogen and oxygen atoms in total. The first-order valence-corrected chi connectivity index (χ1v) is 8.20. The molecule has 2 rings (SSSR count). The van der Waals surface area contributed by atoms with Crippen molar-refractivity contribution >= 4 is 11.7 Å². The molecule has 136 valence electrons. The van der Waals surface area contributed by atoms with Crippen LogP contribution in [0, 0.1) is 13.8 Å². The minimum atomic E-state index is -1.22. The maximum Gasteiger partial charge on any atom is 0.319 e. The Labute approximate surface area is 148 Å². The molecule has 0 saturated heterocycles. The number of amides is 2. The Bertz CT molecular complexity index is 737. The van der Waals surface area contributed by atoms with E-state index in [-0.39, 0.29) is 18.7 Å². The van der Waals surface area contributed by atoms with E-state index in [0.29, 0.717) is 17.0 Å². The number of rotatable bonds is 6. The summed E-state index contributed by atoms with van der Waals surface area (Å²) in [5.74, 6) is 1.37. The fraction of sp³-hybridized carbons (Fsp3) is 0.421. The Kier molecular flexibility index (Phi) is 5.87. The van der Waals surface area contributed by atoms with Crippen LogP contribution < -0.4 is 10.6 Å². The van der Waals surface area contributed by atoms with Gasteiger partial charge >= 0.3 is 6.03 Å². The second-order valence-electron chi connectivity index (χ2n) is 6.41. The molecule has 0 unspecified atom stereocenters. The SMILES string of the molecule is CO[C@@H](C)c1cccc(NC(=O)NC[C@](C)(O)c2cc(C)oc2C)c1. The molecule has 3 N–H and O–H groups in total. The number of aryl methyl sites for hydroxylation is 2. The number of anilines is 1. The number of urea groups is 1. The molecule has 0 aliphatic carbocycles. The van der Waals surface area contributed by atoms with Crippen molar-refractivity contribution in [1.82, 2.24) is 5.32 Å². The van der Waals surface area contributed by atoms with Crippen LogP contribution in [0.15, 0.2) is 34.7 Å². The normalized spacial score (nSPS) is 14.6. The number of carbonyl (C=O) groups is 1.